The number of hydrogen-bond donors (Lipinski definition) is 0. The zero-order valence-electron chi connectivity index (χ0n) is 16.1. The van der Waals surface area contributed by atoms with Crippen LogP contribution >= 0.6 is 0 Å². The molecule has 0 spiro atoms. The first kappa shape index (κ1) is 18.2. The molecule has 144 valence electrons. The van der Waals surface area contributed by atoms with Crippen molar-refractivity contribution in [3.8, 4) is 17.2 Å². The van der Waals surface area contributed by atoms with E-state index in [1.807, 2.05) is 60.4 Å². The van der Waals surface area contributed by atoms with Crippen LogP contribution in [0.5, 0.6) is 5.75 Å². The van der Waals surface area contributed by atoms with Crippen LogP contribution in [0.1, 0.15) is 40.6 Å². The predicted octanol–water partition coefficient (Wildman–Crippen LogP) is 4.07. The van der Waals surface area contributed by atoms with Crippen LogP contribution in [0.25, 0.3) is 11.5 Å². The van der Waals surface area contributed by atoms with E-state index in [1.165, 1.54) is 0 Å². The molecule has 1 saturated heterocycles. The molecule has 1 atom stereocenters. The fraction of sp³-hybridized carbons (Fsp3) is 0.318. The van der Waals surface area contributed by atoms with E-state index in [4.69, 9.17) is 9.15 Å². The Labute approximate surface area is 164 Å². The molecule has 0 saturated carbocycles. The van der Waals surface area contributed by atoms with Crippen LogP contribution in [-0.2, 0) is 0 Å². The molecule has 0 aliphatic carbocycles. The Hall–Kier alpha value is -3.15. The smallest absolute Gasteiger partial charge is 0.254 e. The monoisotopic (exact) mass is 377 g/mol. The molecular formula is C22H23N3O3. The topological polar surface area (TPSA) is 68.5 Å². The van der Waals surface area contributed by atoms with Gasteiger partial charge >= 0.3 is 0 Å². The Morgan fingerprint density at radius 1 is 1.18 bits per heavy atom. The van der Waals surface area contributed by atoms with Crippen LogP contribution in [0.2, 0.25) is 0 Å². The van der Waals surface area contributed by atoms with E-state index in [9.17, 15) is 4.79 Å². The number of amides is 1. The highest BCUT2D eigenvalue weighted by Crippen LogP contribution is 2.29. The molecule has 2 aromatic carbocycles. The van der Waals surface area contributed by atoms with E-state index in [0.29, 0.717) is 23.9 Å². The molecule has 0 bridgehead atoms. The van der Waals surface area contributed by atoms with Gasteiger partial charge in [-0.15, -0.1) is 10.2 Å². The summed E-state index contributed by atoms with van der Waals surface area (Å²) >= 11 is 0. The summed E-state index contributed by atoms with van der Waals surface area (Å²) in [5.41, 5.74) is 2.52. The third-order valence-corrected chi connectivity index (χ3v) is 5.18. The van der Waals surface area contributed by atoms with Crippen molar-refractivity contribution in [2.75, 3.05) is 20.2 Å². The first-order chi connectivity index (χ1) is 13.7. The Kier molecular flexibility index (Phi) is 5.10. The zero-order valence-corrected chi connectivity index (χ0v) is 16.1. The summed E-state index contributed by atoms with van der Waals surface area (Å²) < 4.78 is 11.2. The number of aromatic nitrogens is 2. The SMILES string of the molecule is COc1ccc(C(=O)N2CCC[C@@H](c3nnc(-c4ccccc4)o3)C2)c(C)c1. The van der Waals surface area contributed by atoms with Crippen molar-refractivity contribution in [1.29, 1.82) is 0 Å². The molecule has 1 amide bonds. The van der Waals surface area contributed by atoms with Crippen molar-refractivity contribution in [1.82, 2.24) is 15.1 Å². The predicted molar refractivity (Wildman–Crippen MR) is 105 cm³/mol. The molecular weight excluding hydrogens is 354 g/mol. The van der Waals surface area contributed by atoms with Gasteiger partial charge < -0.3 is 14.1 Å². The van der Waals surface area contributed by atoms with Crippen LogP contribution in [-0.4, -0.2) is 41.2 Å². The lowest BCUT2D eigenvalue weighted by atomic mass is 9.96. The third-order valence-electron chi connectivity index (χ3n) is 5.18. The minimum atomic E-state index is 0.0349. The molecule has 0 N–H and O–H groups in total. The third kappa shape index (κ3) is 3.63. The standard InChI is InChI=1S/C22H23N3O3/c1-15-13-18(27-2)10-11-19(15)22(26)25-12-6-9-17(14-25)21-24-23-20(28-21)16-7-4-3-5-8-16/h3-5,7-8,10-11,13,17H,6,9,12,14H2,1-2H3/t17-/m1/s1. The van der Waals surface area contributed by atoms with Crippen molar-refractivity contribution in [3.63, 3.8) is 0 Å². The van der Waals surface area contributed by atoms with Crippen LogP contribution < -0.4 is 4.74 Å². The van der Waals surface area contributed by atoms with E-state index < -0.39 is 0 Å². The largest absolute Gasteiger partial charge is 0.497 e. The second kappa shape index (κ2) is 7.84. The molecule has 28 heavy (non-hydrogen) atoms. The second-order valence-corrected chi connectivity index (χ2v) is 7.08. The lowest BCUT2D eigenvalue weighted by Gasteiger charge is -2.31. The van der Waals surface area contributed by atoms with Gasteiger partial charge in [0.15, 0.2) is 0 Å². The summed E-state index contributed by atoms with van der Waals surface area (Å²) in [4.78, 5) is 14.9. The van der Waals surface area contributed by atoms with Crippen molar-refractivity contribution < 1.29 is 13.9 Å². The van der Waals surface area contributed by atoms with Gasteiger partial charge in [0.25, 0.3) is 5.91 Å². The lowest BCUT2D eigenvalue weighted by Crippen LogP contribution is -2.39. The summed E-state index contributed by atoms with van der Waals surface area (Å²) in [5.74, 6) is 1.96. The van der Waals surface area contributed by atoms with Gasteiger partial charge in [-0.05, 0) is 55.7 Å². The van der Waals surface area contributed by atoms with E-state index >= 15 is 0 Å². The average molecular weight is 377 g/mol. The maximum Gasteiger partial charge on any atom is 0.254 e. The fourth-order valence-corrected chi connectivity index (χ4v) is 3.63. The van der Waals surface area contributed by atoms with Crippen molar-refractivity contribution in [3.05, 3.63) is 65.5 Å². The molecule has 4 rings (SSSR count). The first-order valence-electron chi connectivity index (χ1n) is 9.48. The molecule has 3 aromatic rings. The second-order valence-electron chi connectivity index (χ2n) is 7.08. The molecule has 6 heteroatoms. The van der Waals surface area contributed by atoms with E-state index in [1.54, 1.807) is 7.11 Å². The van der Waals surface area contributed by atoms with Crippen molar-refractivity contribution >= 4 is 5.91 Å². The summed E-state index contributed by atoms with van der Waals surface area (Å²) in [6.45, 7) is 3.25. The number of nitrogens with zero attached hydrogens (tertiary/aromatic N) is 3. The number of hydrogen-bond acceptors (Lipinski definition) is 5. The summed E-state index contributed by atoms with van der Waals surface area (Å²) in [7, 11) is 1.62. The number of ether oxygens (including phenoxy) is 1. The minimum absolute atomic E-state index is 0.0349. The van der Waals surface area contributed by atoms with Gasteiger partial charge in [-0.1, -0.05) is 18.2 Å². The molecule has 1 aliphatic heterocycles. The number of carbonyl (C=O) groups is 1. The van der Waals surface area contributed by atoms with Gasteiger partial charge in [0.1, 0.15) is 5.75 Å². The average Bonchev–Trinajstić information content (AvgIpc) is 3.24. The highest BCUT2D eigenvalue weighted by molar-refractivity contribution is 5.96. The highest BCUT2D eigenvalue weighted by atomic mass is 16.5. The van der Waals surface area contributed by atoms with E-state index in [2.05, 4.69) is 10.2 Å². The van der Waals surface area contributed by atoms with Gasteiger partial charge in [0.2, 0.25) is 11.8 Å². The van der Waals surface area contributed by atoms with Gasteiger partial charge in [-0.2, -0.15) is 0 Å². The number of piperidine rings is 1. The maximum absolute atomic E-state index is 13.0. The summed E-state index contributed by atoms with van der Waals surface area (Å²) in [5, 5.41) is 8.44. The minimum Gasteiger partial charge on any atom is -0.497 e. The number of likely N-dealkylation sites (tertiary alicyclic amines) is 1. The summed E-state index contributed by atoms with van der Waals surface area (Å²) in [6, 6.07) is 15.3. The van der Waals surface area contributed by atoms with E-state index in [0.717, 1.165) is 36.3 Å². The van der Waals surface area contributed by atoms with Gasteiger partial charge in [-0.25, -0.2) is 0 Å². The van der Waals surface area contributed by atoms with E-state index in [-0.39, 0.29) is 11.8 Å². The molecule has 6 nitrogen and oxygen atoms in total. The fourth-order valence-electron chi connectivity index (χ4n) is 3.63. The quantitative estimate of drug-likeness (QED) is 0.685. The zero-order chi connectivity index (χ0) is 19.5. The molecule has 0 radical (unpaired) electrons. The number of methoxy groups -OCH3 is 1. The Morgan fingerprint density at radius 2 is 2.00 bits per heavy atom. The highest BCUT2D eigenvalue weighted by Gasteiger charge is 2.29. The van der Waals surface area contributed by atoms with Crippen LogP contribution in [0.4, 0.5) is 0 Å². The maximum atomic E-state index is 13.0. The Morgan fingerprint density at radius 3 is 2.75 bits per heavy atom. The number of rotatable bonds is 4. The number of carbonyl (C=O) groups excluding carboxylic acids is 1. The van der Waals surface area contributed by atoms with Crippen LogP contribution in [0, 0.1) is 6.92 Å². The van der Waals surface area contributed by atoms with Crippen molar-refractivity contribution in [2.24, 2.45) is 0 Å². The Bertz CT molecular complexity index is 968. The molecule has 1 aliphatic rings. The lowest BCUT2D eigenvalue weighted by molar-refractivity contribution is 0.0697. The van der Waals surface area contributed by atoms with Gasteiger partial charge in [0.05, 0.1) is 13.0 Å². The number of aryl methyl sites for hydroxylation is 1. The first-order valence-corrected chi connectivity index (χ1v) is 9.48. The van der Waals surface area contributed by atoms with Crippen molar-refractivity contribution in [2.45, 2.75) is 25.7 Å². The van der Waals surface area contributed by atoms with Crippen LogP contribution in [0.3, 0.4) is 0 Å². The Balaban J connectivity index is 1.50. The number of benzene rings is 2. The molecule has 1 fully saturated rings. The molecule has 0 unspecified atom stereocenters. The summed E-state index contributed by atoms with van der Waals surface area (Å²) in [6.07, 6.45) is 1.84. The van der Waals surface area contributed by atoms with Gasteiger partial charge in [-0.3, -0.25) is 4.79 Å². The molecule has 1 aromatic heterocycles. The normalized spacial score (nSPS) is 16.8. The van der Waals surface area contributed by atoms with Gasteiger partial charge in [0, 0.05) is 24.2 Å². The molecule has 2 heterocycles. The van der Waals surface area contributed by atoms with Crippen LogP contribution in [0.15, 0.2) is 52.9 Å².